The van der Waals surface area contributed by atoms with Crippen molar-refractivity contribution in [1.29, 1.82) is 0 Å². The van der Waals surface area contributed by atoms with Gasteiger partial charge in [0.1, 0.15) is 0 Å². The van der Waals surface area contributed by atoms with Crippen LogP contribution in [0, 0.1) is 6.92 Å². The van der Waals surface area contributed by atoms with Crippen LogP contribution in [0.4, 0.5) is 5.82 Å². The molecule has 4 nitrogen and oxygen atoms in total. The molecule has 26 heavy (non-hydrogen) atoms. The lowest BCUT2D eigenvalue weighted by Gasteiger charge is -2.09. The van der Waals surface area contributed by atoms with Crippen LogP contribution in [0.2, 0.25) is 10.0 Å². The Kier molecular flexibility index (Phi) is 6.14. The molecule has 0 fully saturated rings. The predicted molar refractivity (Wildman–Crippen MR) is 112 cm³/mol. The second-order valence-corrected chi connectivity index (χ2v) is 7.16. The van der Waals surface area contributed by atoms with Gasteiger partial charge in [0.05, 0.1) is 16.6 Å². The lowest BCUT2D eigenvalue weighted by atomic mass is 10.1. The van der Waals surface area contributed by atoms with Gasteiger partial charge in [-0.25, -0.2) is 0 Å². The molecule has 0 unspecified atom stereocenters. The standard InChI is InChI=1S/C19H18Cl2N4S/c1-13-2-4-14(5-3-13)11-22-19(26)23-18-8-9-25(24-18)12-15-6-7-16(20)17(21)10-15/h2-10H,11-12H2,1H3,(H2,22,23,24,26). The van der Waals surface area contributed by atoms with Gasteiger partial charge in [-0.05, 0) is 42.4 Å². The van der Waals surface area contributed by atoms with Gasteiger partial charge in [-0.15, -0.1) is 0 Å². The number of aryl methyl sites for hydroxylation is 1. The van der Waals surface area contributed by atoms with E-state index in [0.29, 0.717) is 34.1 Å². The highest BCUT2D eigenvalue weighted by Gasteiger charge is 2.04. The number of benzene rings is 2. The second-order valence-electron chi connectivity index (χ2n) is 5.94. The molecule has 134 valence electrons. The molecule has 0 saturated heterocycles. The summed E-state index contributed by atoms with van der Waals surface area (Å²) in [6, 6.07) is 15.7. The Labute approximate surface area is 168 Å². The highest BCUT2D eigenvalue weighted by atomic mass is 35.5. The summed E-state index contributed by atoms with van der Waals surface area (Å²) in [5, 5.41) is 12.4. The Hall–Kier alpha value is -2.08. The van der Waals surface area contributed by atoms with Crippen LogP contribution in [0.5, 0.6) is 0 Å². The van der Waals surface area contributed by atoms with Crippen molar-refractivity contribution in [3.05, 3.63) is 81.5 Å². The van der Waals surface area contributed by atoms with Crippen LogP contribution >= 0.6 is 35.4 Å². The minimum atomic E-state index is 0.533. The Morgan fingerprint density at radius 2 is 1.77 bits per heavy atom. The third-order valence-corrected chi connectivity index (χ3v) is 4.77. The largest absolute Gasteiger partial charge is 0.358 e. The number of thiocarbonyl (C=S) groups is 1. The van der Waals surface area contributed by atoms with Crippen LogP contribution in [0.3, 0.4) is 0 Å². The van der Waals surface area contributed by atoms with Gasteiger partial charge >= 0.3 is 0 Å². The third-order valence-electron chi connectivity index (χ3n) is 3.78. The van der Waals surface area contributed by atoms with E-state index in [2.05, 4.69) is 46.9 Å². The zero-order valence-electron chi connectivity index (χ0n) is 14.2. The number of aromatic nitrogens is 2. The van der Waals surface area contributed by atoms with Crippen molar-refractivity contribution in [1.82, 2.24) is 15.1 Å². The molecule has 0 spiro atoms. The normalized spacial score (nSPS) is 10.6. The number of halogens is 2. The van der Waals surface area contributed by atoms with E-state index in [1.807, 2.05) is 29.1 Å². The molecular formula is C19H18Cl2N4S. The summed E-state index contributed by atoms with van der Waals surface area (Å²) >= 11 is 17.3. The molecule has 3 rings (SSSR count). The lowest BCUT2D eigenvalue weighted by Crippen LogP contribution is -2.28. The van der Waals surface area contributed by atoms with Gasteiger partial charge in [0, 0.05) is 18.8 Å². The van der Waals surface area contributed by atoms with Crippen molar-refractivity contribution in [2.45, 2.75) is 20.0 Å². The van der Waals surface area contributed by atoms with Crippen LogP contribution in [0.15, 0.2) is 54.7 Å². The average Bonchev–Trinajstić information content (AvgIpc) is 3.04. The summed E-state index contributed by atoms with van der Waals surface area (Å²) in [6.45, 7) is 3.33. The smallest absolute Gasteiger partial charge is 0.172 e. The fourth-order valence-corrected chi connectivity index (χ4v) is 2.89. The van der Waals surface area contributed by atoms with Gasteiger partial charge < -0.3 is 10.6 Å². The maximum Gasteiger partial charge on any atom is 0.172 e. The molecule has 2 N–H and O–H groups in total. The minimum absolute atomic E-state index is 0.533. The predicted octanol–water partition coefficient (Wildman–Crippen LogP) is 5.03. The summed E-state index contributed by atoms with van der Waals surface area (Å²) in [5.74, 6) is 0.687. The van der Waals surface area contributed by atoms with Gasteiger partial charge in [0.15, 0.2) is 10.9 Å². The number of hydrogen-bond acceptors (Lipinski definition) is 2. The zero-order valence-corrected chi connectivity index (χ0v) is 16.5. The lowest BCUT2D eigenvalue weighted by molar-refractivity contribution is 0.690. The molecule has 2 aromatic carbocycles. The van der Waals surface area contributed by atoms with Crippen molar-refractivity contribution < 1.29 is 0 Å². The maximum absolute atomic E-state index is 6.05. The Morgan fingerprint density at radius 3 is 2.50 bits per heavy atom. The molecule has 0 radical (unpaired) electrons. The molecule has 0 aliphatic carbocycles. The zero-order chi connectivity index (χ0) is 18.5. The van der Waals surface area contributed by atoms with E-state index < -0.39 is 0 Å². The fourth-order valence-electron chi connectivity index (χ4n) is 2.39. The molecule has 7 heteroatoms. The van der Waals surface area contributed by atoms with E-state index in [9.17, 15) is 0 Å². The van der Waals surface area contributed by atoms with Gasteiger partial charge in [-0.1, -0.05) is 59.1 Å². The summed E-state index contributed by atoms with van der Waals surface area (Å²) in [7, 11) is 0. The quantitative estimate of drug-likeness (QED) is 0.584. The summed E-state index contributed by atoms with van der Waals surface area (Å²) in [5.41, 5.74) is 3.43. The number of rotatable bonds is 5. The second kappa shape index (κ2) is 8.54. The maximum atomic E-state index is 6.05. The molecule has 0 saturated carbocycles. The van der Waals surface area contributed by atoms with Gasteiger partial charge in [-0.3, -0.25) is 4.68 Å². The molecule has 3 aromatic rings. The molecule has 0 amide bonds. The van der Waals surface area contributed by atoms with Crippen LogP contribution in [-0.2, 0) is 13.1 Å². The van der Waals surface area contributed by atoms with Crippen LogP contribution in [0.25, 0.3) is 0 Å². The first-order valence-corrected chi connectivity index (χ1v) is 9.24. The highest BCUT2D eigenvalue weighted by molar-refractivity contribution is 7.80. The van der Waals surface area contributed by atoms with E-state index in [1.54, 1.807) is 6.07 Å². The molecule has 0 atom stereocenters. The molecule has 0 aliphatic heterocycles. The molecule has 0 aliphatic rings. The van der Waals surface area contributed by atoms with Crippen molar-refractivity contribution in [3.63, 3.8) is 0 Å². The Bertz CT molecular complexity index is 906. The van der Waals surface area contributed by atoms with Gasteiger partial charge in [0.25, 0.3) is 0 Å². The third kappa shape index (κ3) is 5.21. The fraction of sp³-hybridized carbons (Fsp3) is 0.158. The van der Waals surface area contributed by atoms with Crippen LogP contribution < -0.4 is 10.6 Å². The molecular weight excluding hydrogens is 387 g/mol. The van der Waals surface area contributed by atoms with Crippen molar-refractivity contribution in [3.8, 4) is 0 Å². The van der Waals surface area contributed by atoms with Crippen molar-refractivity contribution in [2.75, 3.05) is 5.32 Å². The first-order valence-electron chi connectivity index (χ1n) is 8.07. The first kappa shape index (κ1) is 18.7. The summed E-state index contributed by atoms with van der Waals surface area (Å²) < 4.78 is 1.81. The van der Waals surface area contributed by atoms with E-state index in [-0.39, 0.29) is 0 Å². The number of hydrogen-bond donors (Lipinski definition) is 2. The Morgan fingerprint density at radius 1 is 1.04 bits per heavy atom. The molecule has 1 heterocycles. The van der Waals surface area contributed by atoms with Crippen molar-refractivity contribution in [2.24, 2.45) is 0 Å². The van der Waals surface area contributed by atoms with E-state index in [4.69, 9.17) is 35.4 Å². The number of nitrogens with zero attached hydrogens (tertiary/aromatic N) is 2. The molecule has 0 bridgehead atoms. The number of anilines is 1. The monoisotopic (exact) mass is 404 g/mol. The van der Waals surface area contributed by atoms with Crippen LogP contribution in [-0.4, -0.2) is 14.9 Å². The van der Waals surface area contributed by atoms with Gasteiger partial charge in [0.2, 0.25) is 0 Å². The average molecular weight is 405 g/mol. The Balaban J connectivity index is 1.53. The van der Waals surface area contributed by atoms with Crippen LogP contribution in [0.1, 0.15) is 16.7 Å². The van der Waals surface area contributed by atoms with E-state index in [0.717, 1.165) is 5.56 Å². The minimum Gasteiger partial charge on any atom is -0.358 e. The molecule has 1 aromatic heterocycles. The topological polar surface area (TPSA) is 41.9 Å². The summed E-state index contributed by atoms with van der Waals surface area (Å²) in [6.07, 6.45) is 1.88. The van der Waals surface area contributed by atoms with Gasteiger partial charge in [-0.2, -0.15) is 5.10 Å². The van der Waals surface area contributed by atoms with E-state index in [1.165, 1.54) is 11.1 Å². The van der Waals surface area contributed by atoms with E-state index >= 15 is 0 Å². The summed E-state index contributed by atoms with van der Waals surface area (Å²) in [4.78, 5) is 0. The first-order chi connectivity index (χ1) is 12.5. The SMILES string of the molecule is Cc1ccc(CNC(=S)Nc2ccn(Cc3ccc(Cl)c(Cl)c3)n2)cc1. The highest BCUT2D eigenvalue weighted by Crippen LogP contribution is 2.23. The van der Waals surface area contributed by atoms with Crippen molar-refractivity contribution >= 4 is 46.4 Å². The number of nitrogens with one attached hydrogen (secondary N) is 2.